The van der Waals surface area contributed by atoms with Crippen LogP contribution >= 0.6 is 0 Å². The van der Waals surface area contributed by atoms with Crippen molar-refractivity contribution in [3.05, 3.63) is 83.9 Å². The van der Waals surface area contributed by atoms with Crippen LogP contribution in [0.3, 0.4) is 0 Å². The Morgan fingerprint density at radius 1 is 0.529 bits per heavy atom. The third-order valence-electron chi connectivity index (χ3n) is 2.29. The Morgan fingerprint density at radius 2 is 0.882 bits per heavy atom. The summed E-state index contributed by atoms with van der Waals surface area (Å²) in [6, 6.07) is 20.6. The maximum atomic E-state index is 2.10. The molecule has 0 aromatic heterocycles. The van der Waals surface area contributed by atoms with Gasteiger partial charge in [-0.1, -0.05) is 85.0 Å². The molecule has 2 aromatic rings. The molecule has 1 nitrogen and oxygen atoms in total. The SMILES string of the molecule is C(/C=C/c1ccccc1)=C\c1ccccc1.N. The van der Waals surface area contributed by atoms with Gasteiger partial charge in [-0.3, -0.25) is 0 Å². The number of hydrogen-bond donors (Lipinski definition) is 1. The maximum absolute atomic E-state index is 2.10. The van der Waals surface area contributed by atoms with E-state index < -0.39 is 0 Å². The molecule has 0 fully saturated rings. The highest BCUT2D eigenvalue weighted by atomic mass is 14.0. The van der Waals surface area contributed by atoms with E-state index in [0.717, 1.165) is 0 Å². The van der Waals surface area contributed by atoms with Crippen LogP contribution in [0.15, 0.2) is 72.8 Å². The average Bonchev–Trinajstić information content (AvgIpc) is 2.37. The van der Waals surface area contributed by atoms with E-state index in [4.69, 9.17) is 0 Å². The van der Waals surface area contributed by atoms with Gasteiger partial charge in [0.05, 0.1) is 0 Å². The molecule has 1 heteroatoms. The minimum Gasteiger partial charge on any atom is -0.344 e. The second-order valence-electron chi connectivity index (χ2n) is 3.54. The van der Waals surface area contributed by atoms with E-state index in [2.05, 4.69) is 48.6 Å². The molecular formula is C16H17N. The average molecular weight is 223 g/mol. The molecule has 0 amide bonds. The van der Waals surface area contributed by atoms with Gasteiger partial charge in [0.1, 0.15) is 0 Å². The normalized spacial score (nSPS) is 10.6. The summed E-state index contributed by atoms with van der Waals surface area (Å²) in [4.78, 5) is 0. The predicted molar refractivity (Wildman–Crippen MR) is 76.0 cm³/mol. The molecule has 0 aliphatic heterocycles. The van der Waals surface area contributed by atoms with Crippen molar-refractivity contribution in [3.63, 3.8) is 0 Å². The van der Waals surface area contributed by atoms with E-state index in [-0.39, 0.29) is 6.15 Å². The zero-order valence-electron chi connectivity index (χ0n) is 9.79. The summed E-state index contributed by atoms with van der Waals surface area (Å²) in [5.74, 6) is 0. The Hall–Kier alpha value is -2.12. The first-order valence-corrected chi connectivity index (χ1v) is 5.40. The van der Waals surface area contributed by atoms with Gasteiger partial charge in [0.25, 0.3) is 0 Å². The molecule has 0 heterocycles. The van der Waals surface area contributed by atoms with E-state index in [0.29, 0.717) is 0 Å². The van der Waals surface area contributed by atoms with E-state index >= 15 is 0 Å². The lowest BCUT2D eigenvalue weighted by Crippen LogP contribution is -1.68. The van der Waals surface area contributed by atoms with Crippen LogP contribution in [0.4, 0.5) is 0 Å². The van der Waals surface area contributed by atoms with Crippen LogP contribution in [0.25, 0.3) is 12.2 Å². The maximum Gasteiger partial charge on any atom is -0.0257 e. The zero-order chi connectivity index (χ0) is 11.1. The van der Waals surface area contributed by atoms with Crippen LogP contribution in [0.2, 0.25) is 0 Å². The van der Waals surface area contributed by atoms with Gasteiger partial charge in [0.15, 0.2) is 0 Å². The first kappa shape index (κ1) is 12.9. The minimum absolute atomic E-state index is 0. The number of rotatable bonds is 3. The molecule has 0 atom stereocenters. The number of allylic oxidation sites excluding steroid dienone is 2. The Kier molecular flexibility index (Phi) is 5.49. The van der Waals surface area contributed by atoms with Crippen LogP contribution in [-0.4, -0.2) is 0 Å². The van der Waals surface area contributed by atoms with Crippen LogP contribution in [0, 0.1) is 0 Å². The van der Waals surface area contributed by atoms with Crippen LogP contribution in [-0.2, 0) is 0 Å². The monoisotopic (exact) mass is 223 g/mol. The predicted octanol–water partition coefficient (Wildman–Crippen LogP) is 4.58. The lowest BCUT2D eigenvalue weighted by molar-refractivity contribution is 1.65. The Bertz CT molecular complexity index is 422. The molecule has 0 spiro atoms. The fourth-order valence-corrected chi connectivity index (χ4v) is 1.46. The second-order valence-corrected chi connectivity index (χ2v) is 3.54. The Labute approximate surface area is 103 Å². The van der Waals surface area contributed by atoms with Gasteiger partial charge in [0.2, 0.25) is 0 Å². The van der Waals surface area contributed by atoms with E-state index in [1.54, 1.807) is 0 Å². The van der Waals surface area contributed by atoms with E-state index in [1.165, 1.54) is 11.1 Å². The van der Waals surface area contributed by atoms with Crippen LogP contribution in [0.1, 0.15) is 11.1 Å². The Morgan fingerprint density at radius 3 is 1.24 bits per heavy atom. The van der Waals surface area contributed by atoms with Crippen molar-refractivity contribution in [2.45, 2.75) is 0 Å². The van der Waals surface area contributed by atoms with Crippen molar-refractivity contribution in [3.8, 4) is 0 Å². The summed E-state index contributed by atoms with van der Waals surface area (Å²) in [5.41, 5.74) is 2.44. The molecular weight excluding hydrogens is 206 g/mol. The molecule has 2 rings (SSSR count). The molecule has 0 saturated carbocycles. The molecule has 0 unspecified atom stereocenters. The molecule has 0 radical (unpaired) electrons. The highest BCUT2D eigenvalue weighted by molar-refractivity contribution is 5.56. The van der Waals surface area contributed by atoms with Gasteiger partial charge in [-0.15, -0.1) is 0 Å². The molecule has 0 saturated heterocycles. The molecule has 0 aliphatic carbocycles. The number of benzene rings is 2. The first-order valence-electron chi connectivity index (χ1n) is 5.40. The quantitative estimate of drug-likeness (QED) is 0.760. The molecule has 17 heavy (non-hydrogen) atoms. The molecule has 0 bridgehead atoms. The van der Waals surface area contributed by atoms with Gasteiger partial charge < -0.3 is 6.15 Å². The van der Waals surface area contributed by atoms with E-state index in [9.17, 15) is 0 Å². The summed E-state index contributed by atoms with van der Waals surface area (Å²) in [5, 5.41) is 0. The summed E-state index contributed by atoms with van der Waals surface area (Å²) in [7, 11) is 0. The van der Waals surface area contributed by atoms with Crippen LogP contribution < -0.4 is 6.15 Å². The Balaban J connectivity index is 0.00000144. The summed E-state index contributed by atoms with van der Waals surface area (Å²) < 4.78 is 0. The zero-order valence-corrected chi connectivity index (χ0v) is 9.79. The molecule has 2 aromatic carbocycles. The fraction of sp³-hybridized carbons (Fsp3) is 0. The fourth-order valence-electron chi connectivity index (χ4n) is 1.46. The lowest BCUT2D eigenvalue weighted by Gasteiger charge is -1.90. The third kappa shape index (κ3) is 4.49. The van der Waals surface area contributed by atoms with Crippen molar-refractivity contribution in [2.24, 2.45) is 0 Å². The standard InChI is InChI=1S/C16H14.H3N/c1-3-9-15(10-4-1)13-7-8-14-16-11-5-2-6-12-16;/h1-14H;1H3/b13-7+,14-8+;. The summed E-state index contributed by atoms with van der Waals surface area (Å²) in [6.07, 6.45) is 8.31. The number of hydrogen-bond acceptors (Lipinski definition) is 1. The van der Waals surface area contributed by atoms with Crippen molar-refractivity contribution < 1.29 is 0 Å². The highest BCUT2D eigenvalue weighted by Crippen LogP contribution is 2.03. The van der Waals surface area contributed by atoms with E-state index in [1.807, 2.05) is 36.4 Å². The third-order valence-corrected chi connectivity index (χ3v) is 2.29. The van der Waals surface area contributed by atoms with Gasteiger partial charge >= 0.3 is 0 Å². The van der Waals surface area contributed by atoms with Gasteiger partial charge in [-0.2, -0.15) is 0 Å². The van der Waals surface area contributed by atoms with Gasteiger partial charge in [-0.25, -0.2) is 0 Å². The summed E-state index contributed by atoms with van der Waals surface area (Å²) >= 11 is 0. The van der Waals surface area contributed by atoms with Crippen LogP contribution in [0.5, 0.6) is 0 Å². The smallest absolute Gasteiger partial charge is 0.0257 e. The first-order chi connectivity index (χ1) is 7.95. The van der Waals surface area contributed by atoms with Crippen molar-refractivity contribution >= 4 is 12.2 Å². The second kappa shape index (κ2) is 7.20. The molecule has 0 aliphatic rings. The van der Waals surface area contributed by atoms with Crippen molar-refractivity contribution in [1.82, 2.24) is 6.15 Å². The minimum atomic E-state index is 0. The van der Waals surface area contributed by atoms with Gasteiger partial charge in [0, 0.05) is 0 Å². The van der Waals surface area contributed by atoms with Crippen molar-refractivity contribution in [2.75, 3.05) is 0 Å². The van der Waals surface area contributed by atoms with Gasteiger partial charge in [-0.05, 0) is 11.1 Å². The molecule has 3 N–H and O–H groups in total. The topological polar surface area (TPSA) is 35.0 Å². The highest BCUT2D eigenvalue weighted by Gasteiger charge is 1.81. The largest absolute Gasteiger partial charge is 0.344 e. The summed E-state index contributed by atoms with van der Waals surface area (Å²) in [6.45, 7) is 0. The molecule has 86 valence electrons. The lowest BCUT2D eigenvalue weighted by atomic mass is 10.2. The van der Waals surface area contributed by atoms with Crippen molar-refractivity contribution in [1.29, 1.82) is 0 Å².